The zero-order valence-corrected chi connectivity index (χ0v) is 7.26. The van der Waals surface area contributed by atoms with Crippen molar-refractivity contribution in [2.45, 2.75) is 32.6 Å². The third-order valence-corrected chi connectivity index (χ3v) is 1.24. The first-order valence-electron chi connectivity index (χ1n) is 3.86. The highest BCUT2D eigenvalue weighted by molar-refractivity contribution is 5.56. The molecule has 0 atom stereocenters. The van der Waals surface area contributed by atoms with Crippen LogP contribution in [0.15, 0.2) is 5.16 Å². The molecule has 2 nitrogen and oxygen atoms in total. The van der Waals surface area contributed by atoms with Crippen LogP contribution in [0.4, 0.5) is 0 Å². The van der Waals surface area contributed by atoms with E-state index >= 15 is 0 Å². The minimum absolute atomic E-state index is 0.985. The van der Waals surface area contributed by atoms with Crippen molar-refractivity contribution in [1.82, 2.24) is 0 Å². The van der Waals surface area contributed by atoms with Crippen molar-refractivity contribution in [3.8, 4) is 11.8 Å². The maximum absolute atomic E-state index is 4.51. The van der Waals surface area contributed by atoms with Gasteiger partial charge >= 0.3 is 0 Å². The van der Waals surface area contributed by atoms with Crippen molar-refractivity contribution in [1.29, 1.82) is 0 Å². The zero-order valence-electron chi connectivity index (χ0n) is 7.26. The van der Waals surface area contributed by atoms with Crippen molar-refractivity contribution >= 4 is 6.21 Å². The molecule has 11 heavy (non-hydrogen) atoms. The van der Waals surface area contributed by atoms with E-state index < -0.39 is 0 Å². The molecule has 0 bridgehead atoms. The summed E-state index contributed by atoms with van der Waals surface area (Å²) < 4.78 is 0. The molecule has 0 fully saturated rings. The maximum Gasteiger partial charge on any atom is 0.106 e. The Kier molecular flexibility index (Phi) is 8.23. The van der Waals surface area contributed by atoms with E-state index in [9.17, 15) is 0 Å². The Balaban J connectivity index is 3.00. The van der Waals surface area contributed by atoms with E-state index in [1.807, 2.05) is 6.92 Å². The van der Waals surface area contributed by atoms with E-state index in [-0.39, 0.29) is 0 Å². The van der Waals surface area contributed by atoms with Crippen LogP contribution in [0.2, 0.25) is 0 Å². The molecule has 2 heteroatoms. The average Bonchev–Trinajstić information content (AvgIpc) is 2.03. The summed E-state index contributed by atoms with van der Waals surface area (Å²) in [4.78, 5) is 4.51. The third-order valence-electron chi connectivity index (χ3n) is 1.24. The topological polar surface area (TPSA) is 21.6 Å². The lowest BCUT2D eigenvalue weighted by Crippen LogP contribution is -1.78. The molecular formula is C9H15NO. The molecule has 0 aromatic heterocycles. The summed E-state index contributed by atoms with van der Waals surface area (Å²) >= 11 is 0. The van der Waals surface area contributed by atoms with Gasteiger partial charge in [-0.15, -0.1) is 11.8 Å². The van der Waals surface area contributed by atoms with E-state index in [0.29, 0.717) is 0 Å². The van der Waals surface area contributed by atoms with Gasteiger partial charge in [-0.3, -0.25) is 0 Å². The quantitative estimate of drug-likeness (QED) is 0.257. The highest BCUT2D eigenvalue weighted by Crippen LogP contribution is 1.96. The normalized spacial score (nSPS) is 9.27. The molecule has 0 N–H and O–H groups in total. The monoisotopic (exact) mass is 153 g/mol. The third kappa shape index (κ3) is 9.03. The molecule has 0 unspecified atom stereocenters. The predicted octanol–water partition coefficient (Wildman–Crippen LogP) is 2.20. The smallest absolute Gasteiger partial charge is 0.106 e. The molecule has 0 rings (SSSR count). The lowest BCUT2D eigenvalue weighted by atomic mass is 10.2. The van der Waals surface area contributed by atoms with Gasteiger partial charge < -0.3 is 4.84 Å². The van der Waals surface area contributed by atoms with Crippen LogP contribution in [0.5, 0.6) is 0 Å². The predicted molar refractivity (Wildman–Crippen MR) is 47.4 cm³/mol. The molecule has 0 heterocycles. The average molecular weight is 153 g/mol. The Morgan fingerprint density at radius 2 is 2.27 bits per heavy atom. The highest BCUT2D eigenvalue weighted by Gasteiger charge is 1.82. The Morgan fingerprint density at radius 1 is 1.45 bits per heavy atom. The van der Waals surface area contributed by atoms with E-state index in [1.165, 1.54) is 0 Å². The van der Waals surface area contributed by atoms with Crippen LogP contribution < -0.4 is 0 Å². The van der Waals surface area contributed by atoms with Gasteiger partial charge in [0.2, 0.25) is 0 Å². The van der Waals surface area contributed by atoms with Gasteiger partial charge in [0.15, 0.2) is 0 Å². The number of oxime groups is 1. The van der Waals surface area contributed by atoms with E-state index in [0.717, 1.165) is 25.7 Å². The lowest BCUT2D eigenvalue weighted by molar-refractivity contribution is 0.214. The van der Waals surface area contributed by atoms with Gasteiger partial charge in [-0.2, -0.15) is 0 Å². The fourth-order valence-electron chi connectivity index (χ4n) is 0.701. The summed E-state index contributed by atoms with van der Waals surface area (Å²) in [5.74, 6) is 5.87. The van der Waals surface area contributed by atoms with Crippen LogP contribution in [0.25, 0.3) is 0 Å². The number of rotatable bonds is 5. The minimum atomic E-state index is 0.985. The molecule has 0 aromatic rings. The Labute approximate surface area is 68.6 Å². The second kappa shape index (κ2) is 9.03. The number of nitrogens with zero attached hydrogens (tertiary/aromatic N) is 1. The van der Waals surface area contributed by atoms with Gasteiger partial charge in [0.05, 0.1) is 0 Å². The summed E-state index contributed by atoms with van der Waals surface area (Å²) in [5.41, 5.74) is 0. The SMILES string of the molecule is CC#CCCCCC=NOC. The molecule has 0 amide bonds. The first-order valence-corrected chi connectivity index (χ1v) is 3.86. The van der Waals surface area contributed by atoms with Gasteiger partial charge in [-0.1, -0.05) is 5.16 Å². The fraction of sp³-hybridized carbons (Fsp3) is 0.667. The summed E-state index contributed by atoms with van der Waals surface area (Å²) in [6.45, 7) is 1.87. The van der Waals surface area contributed by atoms with Gasteiger partial charge in [0, 0.05) is 12.6 Å². The second-order valence-corrected chi connectivity index (χ2v) is 2.14. The molecule has 0 aliphatic carbocycles. The molecule has 0 aliphatic heterocycles. The second-order valence-electron chi connectivity index (χ2n) is 2.14. The molecule has 62 valence electrons. The van der Waals surface area contributed by atoms with Gasteiger partial charge in [-0.25, -0.2) is 0 Å². The number of hydrogen-bond acceptors (Lipinski definition) is 2. The number of unbranched alkanes of at least 4 members (excludes halogenated alkanes) is 3. The number of hydrogen-bond donors (Lipinski definition) is 0. The standard InChI is InChI=1S/C9H15NO/c1-3-4-5-6-7-8-9-10-11-2/h9H,5-8H2,1-2H3. The molecule has 0 aromatic carbocycles. The molecular weight excluding hydrogens is 138 g/mol. The van der Waals surface area contributed by atoms with Crippen LogP contribution in [-0.2, 0) is 4.84 Å². The van der Waals surface area contributed by atoms with Gasteiger partial charge in [-0.05, 0) is 26.2 Å². The van der Waals surface area contributed by atoms with Crippen LogP contribution in [-0.4, -0.2) is 13.3 Å². The van der Waals surface area contributed by atoms with Crippen molar-refractivity contribution in [2.24, 2.45) is 5.16 Å². The summed E-state index contributed by atoms with van der Waals surface area (Å²) in [7, 11) is 1.55. The molecule has 0 saturated heterocycles. The fourth-order valence-corrected chi connectivity index (χ4v) is 0.701. The van der Waals surface area contributed by atoms with Crippen LogP contribution in [0, 0.1) is 11.8 Å². The Bertz CT molecular complexity index is 153. The highest BCUT2D eigenvalue weighted by atomic mass is 16.6. The molecule has 0 radical (unpaired) electrons. The van der Waals surface area contributed by atoms with Crippen molar-refractivity contribution in [3.63, 3.8) is 0 Å². The maximum atomic E-state index is 4.51. The van der Waals surface area contributed by atoms with Gasteiger partial charge in [0.1, 0.15) is 7.11 Å². The first-order chi connectivity index (χ1) is 5.41. The van der Waals surface area contributed by atoms with Crippen LogP contribution in [0.1, 0.15) is 32.6 Å². The summed E-state index contributed by atoms with van der Waals surface area (Å²) in [6, 6.07) is 0. The Hall–Kier alpha value is -0.970. The molecule has 0 spiro atoms. The molecule has 0 saturated carbocycles. The lowest BCUT2D eigenvalue weighted by Gasteiger charge is -1.89. The van der Waals surface area contributed by atoms with E-state index in [2.05, 4.69) is 21.8 Å². The first kappa shape index (κ1) is 10.0. The zero-order chi connectivity index (χ0) is 8.36. The van der Waals surface area contributed by atoms with Crippen LogP contribution in [0.3, 0.4) is 0 Å². The van der Waals surface area contributed by atoms with Gasteiger partial charge in [0.25, 0.3) is 0 Å². The largest absolute Gasteiger partial charge is 0.399 e. The molecule has 0 aliphatic rings. The van der Waals surface area contributed by atoms with Crippen LogP contribution >= 0.6 is 0 Å². The van der Waals surface area contributed by atoms with Crippen molar-refractivity contribution < 1.29 is 4.84 Å². The summed E-state index contributed by atoms with van der Waals surface area (Å²) in [5, 5.41) is 3.63. The van der Waals surface area contributed by atoms with Crippen molar-refractivity contribution in [3.05, 3.63) is 0 Å². The van der Waals surface area contributed by atoms with E-state index in [1.54, 1.807) is 13.3 Å². The van der Waals surface area contributed by atoms with Crippen molar-refractivity contribution in [2.75, 3.05) is 7.11 Å². The summed E-state index contributed by atoms with van der Waals surface area (Å²) in [6.07, 6.45) is 6.06. The minimum Gasteiger partial charge on any atom is -0.399 e. The van der Waals surface area contributed by atoms with E-state index in [4.69, 9.17) is 0 Å². The Morgan fingerprint density at radius 3 is 2.91 bits per heavy atom.